The Morgan fingerprint density at radius 2 is 2.04 bits per heavy atom. The van der Waals surface area contributed by atoms with E-state index in [0.29, 0.717) is 23.2 Å². The van der Waals surface area contributed by atoms with Crippen LogP contribution in [0.4, 0.5) is 5.69 Å². The molecule has 0 amide bonds. The van der Waals surface area contributed by atoms with E-state index in [0.717, 1.165) is 42.3 Å². The van der Waals surface area contributed by atoms with Crippen LogP contribution >= 0.6 is 23.2 Å². The lowest BCUT2D eigenvalue weighted by atomic mass is 10.1. The van der Waals surface area contributed by atoms with Crippen LogP contribution in [0.5, 0.6) is 0 Å². The molecule has 1 heterocycles. The number of nitrogens with zero attached hydrogens (tertiary/aromatic N) is 3. The molecule has 0 spiro atoms. The van der Waals surface area contributed by atoms with E-state index in [-0.39, 0.29) is 0 Å². The highest BCUT2D eigenvalue weighted by molar-refractivity contribution is 6.32. The van der Waals surface area contributed by atoms with Crippen molar-refractivity contribution in [3.05, 3.63) is 75.8 Å². The van der Waals surface area contributed by atoms with Crippen molar-refractivity contribution in [3.63, 3.8) is 0 Å². The maximum Gasteiger partial charge on any atom is 0.101 e. The minimum atomic E-state index is 0.352. The third-order valence-electron chi connectivity index (χ3n) is 4.89. The monoisotopic (exact) mass is 399 g/mol. The Labute approximate surface area is 171 Å². The average Bonchev–Trinajstić information content (AvgIpc) is 3.08. The third kappa shape index (κ3) is 4.84. The van der Waals surface area contributed by atoms with Crippen LogP contribution in [0.1, 0.15) is 24.5 Å². The molecular weight excluding hydrogens is 377 g/mol. The number of hydrogen-bond donors (Lipinski definition) is 0. The molecule has 1 atom stereocenters. The number of halogens is 2. The molecule has 3 nitrogen and oxygen atoms in total. The van der Waals surface area contributed by atoms with E-state index < -0.39 is 0 Å². The summed E-state index contributed by atoms with van der Waals surface area (Å²) >= 11 is 12.7. The van der Waals surface area contributed by atoms with Gasteiger partial charge in [-0.2, -0.15) is 5.26 Å². The summed E-state index contributed by atoms with van der Waals surface area (Å²) in [7, 11) is 0. The van der Waals surface area contributed by atoms with Gasteiger partial charge in [0.2, 0.25) is 0 Å². The van der Waals surface area contributed by atoms with Gasteiger partial charge in [-0.15, -0.1) is 0 Å². The number of rotatable bonds is 6. The molecule has 0 radical (unpaired) electrons. The molecule has 1 fully saturated rings. The molecule has 27 heavy (non-hydrogen) atoms. The molecule has 2 aromatic rings. The topological polar surface area (TPSA) is 30.3 Å². The van der Waals surface area contributed by atoms with Crippen molar-refractivity contribution >= 4 is 28.9 Å². The Kier molecular flexibility index (Phi) is 6.44. The summed E-state index contributed by atoms with van der Waals surface area (Å²) in [5.74, 6) is 0. The normalized spacial score (nSPS) is 16.9. The summed E-state index contributed by atoms with van der Waals surface area (Å²) in [6.07, 6.45) is 1.06. The molecule has 0 aliphatic carbocycles. The van der Waals surface area contributed by atoms with Crippen molar-refractivity contribution in [2.45, 2.75) is 25.9 Å². The lowest BCUT2D eigenvalue weighted by molar-refractivity contribution is 0.361. The first-order chi connectivity index (χ1) is 13.0. The first kappa shape index (κ1) is 19.8. The Morgan fingerprint density at radius 3 is 2.70 bits per heavy atom. The summed E-state index contributed by atoms with van der Waals surface area (Å²) in [5.41, 5.74) is 3.77. The van der Waals surface area contributed by atoms with Crippen molar-refractivity contribution in [3.8, 4) is 6.07 Å². The lowest BCUT2D eigenvalue weighted by Gasteiger charge is -2.32. The highest BCUT2D eigenvalue weighted by atomic mass is 35.5. The van der Waals surface area contributed by atoms with Gasteiger partial charge in [-0.1, -0.05) is 53.6 Å². The number of hydrogen-bond acceptors (Lipinski definition) is 3. The SMILES string of the molecule is C=C(C)CN1CCC(N(Cc2ccccc2Cl)c2ccc(C#N)c(Cl)c2)C1. The molecule has 1 unspecified atom stereocenters. The van der Waals surface area contributed by atoms with Gasteiger partial charge in [-0.3, -0.25) is 4.90 Å². The first-order valence-electron chi connectivity index (χ1n) is 9.04. The lowest BCUT2D eigenvalue weighted by Crippen LogP contribution is -2.37. The second-order valence-corrected chi connectivity index (χ2v) is 7.94. The zero-order chi connectivity index (χ0) is 19.4. The van der Waals surface area contributed by atoms with Gasteiger partial charge >= 0.3 is 0 Å². The maximum absolute atomic E-state index is 9.17. The Bertz CT molecular complexity index is 872. The summed E-state index contributed by atoms with van der Waals surface area (Å²) < 4.78 is 0. The van der Waals surface area contributed by atoms with Crippen LogP contribution in [0.15, 0.2) is 54.6 Å². The van der Waals surface area contributed by atoms with E-state index in [1.165, 1.54) is 5.57 Å². The molecule has 0 aromatic heterocycles. The molecule has 0 N–H and O–H groups in total. The molecule has 0 saturated carbocycles. The van der Waals surface area contributed by atoms with Gasteiger partial charge in [0.15, 0.2) is 0 Å². The summed E-state index contributed by atoms with van der Waals surface area (Å²) in [6.45, 7) is 9.73. The molecule has 1 aliphatic rings. The van der Waals surface area contributed by atoms with Crippen molar-refractivity contribution in [1.82, 2.24) is 4.90 Å². The van der Waals surface area contributed by atoms with Crippen LogP contribution in [0, 0.1) is 11.3 Å². The van der Waals surface area contributed by atoms with Crippen molar-refractivity contribution in [2.24, 2.45) is 0 Å². The van der Waals surface area contributed by atoms with Crippen molar-refractivity contribution in [2.75, 3.05) is 24.5 Å². The zero-order valence-corrected chi connectivity index (χ0v) is 17.0. The summed E-state index contributed by atoms with van der Waals surface area (Å²) in [5, 5.41) is 10.4. The number of benzene rings is 2. The van der Waals surface area contributed by atoms with Crippen LogP contribution in [0.2, 0.25) is 10.0 Å². The molecule has 140 valence electrons. The van der Waals surface area contributed by atoms with Gasteiger partial charge < -0.3 is 4.90 Å². The number of nitriles is 1. The van der Waals surface area contributed by atoms with Gasteiger partial charge in [0.1, 0.15) is 6.07 Å². The second kappa shape index (κ2) is 8.80. The van der Waals surface area contributed by atoms with E-state index >= 15 is 0 Å². The largest absolute Gasteiger partial charge is 0.363 e. The Balaban J connectivity index is 1.90. The zero-order valence-electron chi connectivity index (χ0n) is 15.5. The third-order valence-corrected chi connectivity index (χ3v) is 5.57. The van der Waals surface area contributed by atoms with Crippen LogP contribution < -0.4 is 4.90 Å². The van der Waals surface area contributed by atoms with Crippen LogP contribution in [-0.2, 0) is 6.54 Å². The van der Waals surface area contributed by atoms with Gasteiger partial charge in [-0.05, 0) is 43.2 Å². The summed E-state index contributed by atoms with van der Waals surface area (Å²) in [4.78, 5) is 4.78. The first-order valence-corrected chi connectivity index (χ1v) is 9.80. The molecular formula is C22H23Cl2N3. The van der Waals surface area contributed by atoms with E-state index in [9.17, 15) is 0 Å². The smallest absolute Gasteiger partial charge is 0.101 e. The van der Waals surface area contributed by atoms with E-state index in [4.69, 9.17) is 28.5 Å². The molecule has 1 aliphatic heterocycles. The predicted octanol–water partition coefficient (Wildman–Crippen LogP) is 5.52. The highest BCUT2D eigenvalue weighted by Gasteiger charge is 2.28. The molecule has 5 heteroatoms. The molecule has 3 rings (SSSR count). The number of likely N-dealkylation sites (tertiary alicyclic amines) is 1. The Morgan fingerprint density at radius 1 is 1.26 bits per heavy atom. The second-order valence-electron chi connectivity index (χ2n) is 7.13. The van der Waals surface area contributed by atoms with E-state index in [1.54, 1.807) is 6.07 Å². The van der Waals surface area contributed by atoms with Crippen molar-refractivity contribution < 1.29 is 0 Å². The minimum absolute atomic E-state index is 0.352. The fourth-order valence-corrected chi connectivity index (χ4v) is 4.02. The van der Waals surface area contributed by atoms with Gasteiger partial charge in [0.05, 0.1) is 10.6 Å². The molecule has 2 aromatic carbocycles. The quantitative estimate of drug-likeness (QED) is 0.598. The van der Waals surface area contributed by atoms with Crippen LogP contribution in [-0.4, -0.2) is 30.6 Å². The number of anilines is 1. The maximum atomic E-state index is 9.17. The van der Waals surface area contributed by atoms with Gasteiger partial charge in [0.25, 0.3) is 0 Å². The standard InChI is InChI=1S/C22H23Cl2N3/c1-16(2)13-26-10-9-20(15-26)27(14-18-5-3-4-6-21(18)23)19-8-7-17(12-25)22(24)11-19/h3-8,11,20H,1,9-10,13-15H2,2H3. The molecule has 1 saturated heterocycles. The fraction of sp³-hybridized carbons (Fsp3) is 0.318. The minimum Gasteiger partial charge on any atom is -0.363 e. The summed E-state index contributed by atoms with van der Waals surface area (Å²) in [6, 6.07) is 16.1. The molecule has 0 bridgehead atoms. The van der Waals surface area contributed by atoms with Crippen LogP contribution in [0.25, 0.3) is 0 Å². The fourth-order valence-electron chi connectivity index (χ4n) is 3.61. The van der Waals surface area contributed by atoms with Crippen LogP contribution in [0.3, 0.4) is 0 Å². The highest BCUT2D eigenvalue weighted by Crippen LogP contribution is 2.30. The van der Waals surface area contributed by atoms with E-state index in [2.05, 4.69) is 35.4 Å². The Hall–Kier alpha value is -1.99. The van der Waals surface area contributed by atoms with Gasteiger partial charge in [-0.25, -0.2) is 0 Å². The van der Waals surface area contributed by atoms with Gasteiger partial charge in [0, 0.05) is 42.9 Å². The van der Waals surface area contributed by atoms with Crippen molar-refractivity contribution in [1.29, 1.82) is 5.26 Å². The average molecular weight is 400 g/mol. The van der Waals surface area contributed by atoms with E-state index in [1.807, 2.05) is 30.3 Å². The predicted molar refractivity (Wildman–Crippen MR) is 113 cm³/mol.